The van der Waals surface area contributed by atoms with Crippen LogP contribution in [0.15, 0.2) is 77.7 Å². The molecular formula is C22H20ClNO2S. The molecule has 5 heteroatoms. The second kappa shape index (κ2) is 6.79. The molecule has 3 aromatic rings. The van der Waals surface area contributed by atoms with Crippen molar-refractivity contribution in [2.24, 2.45) is 0 Å². The zero-order valence-corrected chi connectivity index (χ0v) is 16.5. The minimum atomic E-state index is -3.70. The summed E-state index contributed by atoms with van der Waals surface area (Å²) in [5.41, 5.74) is 3.20. The summed E-state index contributed by atoms with van der Waals surface area (Å²) >= 11 is 6.17. The van der Waals surface area contributed by atoms with Crippen LogP contribution in [-0.4, -0.2) is 8.42 Å². The molecule has 0 bridgehead atoms. The van der Waals surface area contributed by atoms with E-state index in [4.69, 9.17) is 11.6 Å². The van der Waals surface area contributed by atoms with Crippen molar-refractivity contribution in [2.45, 2.75) is 30.2 Å². The van der Waals surface area contributed by atoms with Gasteiger partial charge in [-0.15, -0.1) is 0 Å². The first-order chi connectivity index (χ1) is 12.9. The highest BCUT2D eigenvalue weighted by Gasteiger charge is 2.43. The molecule has 0 fully saturated rings. The van der Waals surface area contributed by atoms with Gasteiger partial charge in [-0.05, 0) is 60.7 Å². The lowest BCUT2D eigenvalue weighted by molar-refractivity contribution is 0.463. The third-order valence-electron chi connectivity index (χ3n) is 5.20. The van der Waals surface area contributed by atoms with Gasteiger partial charge in [0.15, 0.2) is 0 Å². The van der Waals surface area contributed by atoms with Crippen LogP contribution in [0.25, 0.3) is 0 Å². The maximum Gasteiger partial charge on any atom is 0.241 e. The van der Waals surface area contributed by atoms with Crippen LogP contribution < -0.4 is 4.72 Å². The maximum atomic E-state index is 13.2. The molecule has 138 valence electrons. The standard InChI is InChI=1S/C22H20ClNO2S/c1-16-7-10-20(11-8-16)27(25,26)24-22(18-5-3-2-4-6-18)14-13-17-15-19(23)9-12-21(17)22/h2-12,15,24H,13-14H2,1H3/t22-/m0/s1. The van der Waals surface area contributed by atoms with E-state index >= 15 is 0 Å². The van der Waals surface area contributed by atoms with Crippen molar-refractivity contribution in [1.29, 1.82) is 0 Å². The first-order valence-corrected chi connectivity index (χ1v) is 10.7. The molecule has 0 heterocycles. The van der Waals surface area contributed by atoms with E-state index in [9.17, 15) is 8.42 Å². The van der Waals surface area contributed by atoms with Crippen LogP contribution in [0.1, 0.15) is 28.7 Å². The van der Waals surface area contributed by atoms with E-state index in [0.717, 1.165) is 28.7 Å². The van der Waals surface area contributed by atoms with Crippen LogP contribution in [-0.2, 0) is 22.0 Å². The molecule has 0 aliphatic heterocycles. The van der Waals surface area contributed by atoms with Gasteiger partial charge in [0.1, 0.15) is 0 Å². The van der Waals surface area contributed by atoms with Gasteiger partial charge in [0.05, 0.1) is 10.4 Å². The quantitative estimate of drug-likeness (QED) is 0.686. The summed E-state index contributed by atoms with van der Waals surface area (Å²) in [5.74, 6) is 0. The number of halogens is 1. The number of hydrogen-bond donors (Lipinski definition) is 1. The smallest absolute Gasteiger partial charge is 0.207 e. The molecule has 1 N–H and O–H groups in total. The fourth-order valence-corrected chi connectivity index (χ4v) is 5.43. The predicted molar refractivity (Wildman–Crippen MR) is 108 cm³/mol. The summed E-state index contributed by atoms with van der Waals surface area (Å²) < 4.78 is 29.5. The maximum absolute atomic E-state index is 13.2. The predicted octanol–water partition coefficient (Wildman–Crippen LogP) is 4.82. The van der Waals surface area contributed by atoms with Gasteiger partial charge in [-0.2, -0.15) is 4.72 Å². The highest BCUT2D eigenvalue weighted by atomic mass is 35.5. The van der Waals surface area contributed by atoms with E-state index in [0.29, 0.717) is 11.4 Å². The molecule has 0 saturated heterocycles. The fraction of sp³-hybridized carbons (Fsp3) is 0.182. The number of fused-ring (bicyclic) bond motifs is 1. The topological polar surface area (TPSA) is 46.2 Å². The van der Waals surface area contributed by atoms with Gasteiger partial charge < -0.3 is 0 Å². The molecule has 27 heavy (non-hydrogen) atoms. The second-order valence-corrected chi connectivity index (χ2v) is 9.11. The Morgan fingerprint density at radius 2 is 1.67 bits per heavy atom. The molecule has 0 unspecified atom stereocenters. The number of rotatable bonds is 4. The van der Waals surface area contributed by atoms with Crippen LogP contribution in [0.2, 0.25) is 5.02 Å². The van der Waals surface area contributed by atoms with E-state index in [1.54, 1.807) is 12.1 Å². The van der Waals surface area contributed by atoms with Gasteiger partial charge in [-0.3, -0.25) is 0 Å². The van der Waals surface area contributed by atoms with Crippen molar-refractivity contribution in [3.63, 3.8) is 0 Å². The summed E-state index contributed by atoms with van der Waals surface area (Å²) in [7, 11) is -3.70. The Morgan fingerprint density at radius 3 is 2.37 bits per heavy atom. The number of sulfonamides is 1. The summed E-state index contributed by atoms with van der Waals surface area (Å²) in [5, 5.41) is 0.666. The van der Waals surface area contributed by atoms with E-state index < -0.39 is 15.6 Å². The summed E-state index contributed by atoms with van der Waals surface area (Å²) in [4.78, 5) is 0.269. The van der Waals surface area contributed by atoms with Crippen molar-refractivity contribution in [1.82, 2.24) is 4.72 Å². The molecule has 0 amide bonds. The van der Waals surface area contributed by atoms with Crippen LogP contribution in [0.3, 0.4) is 0 Å². The Labute approximate surface area is 165 Å². The molecule has 3 nitrogen and oxygen atoms in total. The van der Waals surface area contributed by atoms with E-state index in [2.05, 4.69) is 4.72 Å². The highest BCUT2D eigenvalue weighted by molar-refractivity contribution is 7.89. The minimum absolute atomic E-state index is 0.269. The highest BCUT2D eigenvalue weighted by Crippen LogP contribution is 2.43. The van der Waals surface area contributed by atoms with Crippen LogP contribution in [0.5, 0.6) is 0 Å². The number of aryl methyl sites for hydroxylation is 2. The van der Waals surface area contributed by atoms with Crippen molar-refractivity contribution >= 4 is 21.6 Å². The number of benzene rings is 3. The second-order valence-electron chi connectivity index (χ2n) is 6.99. The average Bonchev–Trinajstić information content (AvgIpc) is 3.01. The molecular weight excluding hydrogens is 378 g/mol. The lowest BCUT2D eigenvalue weighted by Gasteiger charge is -2.32. The Balaban J connectivity index is 1.86. The molecule has 0 aromatic heterocycles. The van der Waals surface area contributed by atoms with Gasteiger partial charge in [0.25, 0.3) is 0 Å². The monoisotopic (exact) mass is 397 g/mol. The largest absolute Gasteiger partial charge is 0.241 e. The zero-order valence-electron chi connectivity index (χ0n) is 14.9. The third-order valence-corrected chi connectivity index (χ3v) is 6.95. The summed E-state index contributed by atoms with van der Waals surface area (Å²) in [6.07, 6.45) is 1.42. The van der Waals surface area contributed by atoms with Gasteiger partial charge in [-0.1, -0.05) is 65.7 Å². The zero-order chi connectivity index (χ0) is 19.1. The summed E-state index contributed by atoms with van der Waals surface area (Å²) in [6, 6.07) is 22.4. The van der Waals surface area contributed by atoms with Gasteiger partial charge in [0, 0.05) is 5.02 Å². The van der Waals surface area contributed by atoms with Gasteiger partial charge >= 0.3 is 0 Å². The molecule has 3 aromatic carbocycles. The SMILES string of the molecule is Cc1ccc(S(=O)(=O)N[C@]2(c3ccccc3)CCc3cc(Cl)ccc32)cc1. The third kappa shape index (κ3) is 3.29. The molecule has 4 rings (SSSR count). The lowest BCUT2D eigenvalue weighted by Crippen LogP contribution is -2.45. The molecule has 0 saturated carbocycles. The van der Waals surface area contributed by atoms with E-state index in [1.165, 1.54) is 0 Å². The number of hydrogen-bond acceptors (Lipinski definition) is 2. The number of nitrogens with one attached hydrogen (secondary N) is 1. The van der Waals surface area contributed by atoms with Crippen LogP contribution in [0, 0.1) is 6.92 Å². The Kier molecular flexibility index (Phi) is 4.58. The molecule has 0 spiro atoms. The first kappa shape index (κ1) is 18.2. The molecule has 1 atom stereocenters. The van der Waals surface area contributed by atoms with Crippen LogP contribution >= 0.6 is 11.6 Å². The van der Waals surface area contributed by atoms with E-state index in [-0.39, 0.29) is 4.90 Å². The van der Waals surface area contributed by atoms with Crippen molar-refractivity contribution in [3.05, 3.63) is 100 Å². The molecule has 1 aliphatic carbocycles. The van der Waals surface area contributed by atoms with Crippen molar-refractivity contribution < 1.29 is 8.42 Å². The molecule has 1 aliphatic rings. The first-order valence-electron chi connectivity index (χ1n) is 8.86. The fourth-order valence-electron chi connectivity index (χ4n) is 3.84. The Bertz CT molecular complexity index is 1080. The van der Waals surface area contributed by atoms with Gasteiger partial charge in [0.2, 0.25) is 10.0 Å². The average molecular weight is 398 g/mol. The minimum Gasteiger partial charge on any atom is -0.207 e. The Hall–Kier alpha value is -2.14. The lowest BCUT2D eigenvalue weighted by atomic mass is 9.85. The summed E-state index contributed by atoms with van der Waals surface area (Å²) in [6.45, 7) is 1.94. The van der Waals surface area contributed by atoms with Crippen molar-refractivity contribution in [3.8, 4) is 0 Å². The van der Waals surface area contributed by atoms with Crippen LogP contribution in [0.4, 0.5) is 0 Å². The Morgan fingerprint density at radius 1 is 0.963 bits per heavy atom. The van der Waals surface area contributed by atoms with Gasteiger partial charge in [-0.25, -0.2) is 8.42 Å². The van der Waals surface area contributed by atoms with Crippen molar-refractivity contribution in [2.75, 3.05) is 0 Å². The normalized spacial score (nSPS) is 19.0. The van der Waals surface area contributed by atoms with E-state index in [1.807, 2.05) is 67.6 Å². The molecule has 0 radical (unpaired) electrons.